The summed E-state index contributed by atoms with van der Waals surface area (Å²) in [4.78, 5) is 5.81. The molecule has 13 heteroatoms. The number of sulfonamides is 1. The monoisotopic (exact) mass is 481 g/mol. The minimum atomic E-state index is -4.12. The van der Waals surface area contributed by atoms with E-state index in [0.29, 0.717) is 29.4 Å². The molecule has 30 heavy (non-hydrogen) atoms. The molecule has 1 aromatic heterocycles. The van der Waals surface area contributed by atoms with Crippen LogP contribution in [-0.4, -0.2) is 55.5 Å². The first-order chi connectivity index (χ1) is 14.2. The summed E-state index contributed by atoms with van der Waals surface area (Å²) in [5.74, 6) is 0. The standard InChI is InChI=1S/C17H22ClF2N5O3S2/c18-13(23-11-17(26)9-21-10-17)6-7-14(19)25(16-22-8-15(20)29-16)24-30(27,28)12-4-2-1-3-5-12/h1-5,8,13-14,21,23-24,26H,6-7,9-11H2. The molecule has 0 amide bonds. The van der Waals surface area contributed by atoms with Gasteiger partial charge in [-0.1, -0.05) is 29.5 Å². The Labute approximate surface area is 182 Å². The predicted molar refractivity (Wildman–Crippen MR) is 111 cm³/mol. The van der Waals surface area contributed by atoms with Gasteiger partial charge in [0.05, 0.1) is 16.6 Å². The smallest absolute Gasteiger partial charge is 0.257 e. The number of thiazole rings is 1. The molecular formula is C17H22ClF2N5O3S2. The van der Waals surface area contributed by atoms with Gasteiger partial charge in [0, 0.05) is 26.1 Å². The van der Waals surface area contributed by atoms with Gasteiger partial charge < -0.3 is 10.4 Å². The topological polar surface area (TPSA) is 107 Å². The van der Waals surface area contributed by atoms with Crippen LogP contribution >= 0.6 is 22.9 Å². The Bertz CT molecular complexity index is 930. The molecule has 0 bridgehead atoms. The number of nitrogens with one attached hydrogen (secondary N) is 3. The zero-order valence-electron chi connectivity index (χ0n) is 15.8. The third-order valence-electron chi connectivity index (χ3n) is 4.44. The van der Waals surface area contributed by atoms with Crippen molar-refractivity contribution >= 4 is 38.1 Å². The van der Waals surface area contributed by atoms with E-state index >= 15 is 4.39 Å². The number of hydrogen-bond acceptors (Lipinski definition) is 8. The molecule has 2 heterocycles. The van der Waals surface area contributed by atoms with E-state index in [0.717, 1.165) is 6.20 Å². The average Bonchev–Trinajstić information content (AvgIpc) is 3.14. The van der Waals surface area contributed by atoms with Gasteiger partial charge in [-0.3, -0.25) is 5.32 Å². The SMILES string of the molecule is O=S(=O)(NN(c1ncc(F)s1)C(F)CCC(Cl)NCC1(O)CNC1)c1ccccc1. The molecular weight excluding hydrogens is 460 g/mol. The highest BCUT2D eigenvalue weighted by atomic mass is 35.5. The molecule has 2 unspecified atom stereocenters. The maximum Gasteiger partial charge on any atom is 0.257 e. The number of rotatable bonds is 11. The van der Waals surface area contributed by atoms with Crippen molar-refractivity contribution in [3.05, 3.63) is 41.7 Å². The summed E-state index contributed by atoms with van der Waals surface area (Å²) in [6, 6.07) is 7.42. The number of β-amino-alcohol motifs (C(OH)–C–C–N with tert-alkyl or cyclic N) is 1. The van der Waals surface area contributed by atoms with E-state index in [9.17, 15) is 17.9 Å². The molecule has 1 aliphatic rings. The molecule has 4 N–H and O–H groups in total. The van der Waals surface area contributed by atoms with Gasteiger partial charge in [0.2, 0.25) is 5.13 Å². The first-order valence-electron chi connectivity index (χ1n) is 9.11. The van der Waals surface area contributed by atoms with Gasteiger partial charge in [-0.25, -0.2) is 22.8 Å². The normalized spacial score (nSPS) is 17.9. The van der Waals surface area contributed by atoms with Crippen molar-refractivity contribution in [2.45, 2.75) is 35.1 Å². The molecule has 3 rings (SSSR count). The average molecular weight is 482 g/mol. The van der Waals surface area contributed by atoms with Gasteiger partial charge in [-0.2, -0.15) is 4.39 Å². The minimum absolute atomic E-state index is 0.0709. The molecule has 0 radical (unpaired) electrons. The molecule has 0 spiro atoms. The highest BCUT2D eigenvalue weighted by Gasteiger charge is 2.34. The third-order valence-corrected chi connectivity index (χ3v) is 6.93. The maximum atomic E-state index is 15.0. The summed E-state index contributed by atoms with van der Waals surface area (Å²) in [6.45, 7) is 1.13. The Morgan fingerprint density at radius 1 is 1.33 bits per heavy atom. The van der Waals surface area contributed by atoms with Crippen molar-refractivity contribution in [1.29, 1.82) is 0 Å². The molecule has 1 fully saturated rings. The minimum Gasteiger partial charge on any atom is -0.386 e. The lowest BCUT2D eigenvalue weighted by molar-refractivity contribution is -0.00913. The molecule has 2 aromatic rings. The van der Waals surface area contributed by atoms with Crippen molar-refractivity contribution < 1.29 is 22.3 Å². The van der Waals surface area contributed by atoms with E-state index < -0.39 is 32.6 Å². The number of nitrogens with zero attached hydrogens (tertiary/aromatic N) is 2. The number of hydrazine groups is 1. The van der Waals surface area contributed by atoms with E-state index in [1.54, 1.807) is 6.07 Å². The van der Waals surface area contributed by atoms with Crippen molar-refractivity contribution in [3.8, 4) is 0 Å². The van der Waals surface area contributed by atoms with E-state index in [2.05, 4.69) is 20.4 Å². The fourth-order valence-electron chi connectivity index (χ4n) is 2.71. The van der Waals surface area contributed by atoms with Crippen LogP contribution in [0.2, 0.25) is 0 Å². The van der Waals surface area contributed by atoms with Crippen LogP contribution in [0.15, 0.2) is 41.4 Å². The largest absolute Gasteiger partial charge is 0.386 e. The molecule has 0 saturated carbocycles. The molecule has 1 aliphatic heterocycles. The fraction of sp³-hybridized carbons (Fsp3) is 0.471. The van der Waals surface area contributed by atoms with Crippen molar-refractivity contribution in [1.82, 2.24) is 20.4 Å². The second kappa shape index (κ2) is 9.81. The van der Waals surface area contributed by atoms with Crippen molar-refractivity contribution in [2.24, 2.45) is 0 Å². The van der Waals surface area contributed by atoms with E-state index in [4.69, 9.17) is 11.6 Å². The quantitative estimate of drug-likeness (QED) is 0.219. The van der Waals surface area contributed by atoms with Gasteiger partial charge in [-0.05, 0) is 18.6 Å². The van der Waals surface area contributed by atoms with Gasteiger partial charge in [0.15, 0.2) is 11.4 Å². The number of hydrogen-bond donors (Lipinski definition) is 4. The van der Waals surface area contributed by atoms with Crippen LogP contribution in [0.3, 0.4) is 0 Å². The van der Waals surface area contributed by atoms with Gasteiger partial charge in [-0.15, -0.1) is 16.4 Å². The summed E-state index contributed by atoms with van der Waals surface area (Å²) in [6.07, 6.45) is -1.01. The third kappa shape index (κ3) is 6.06. The number of aliphatic hydroxyl groups is 1. The predicted octanol–water partition coefficient (Wildman–Crippen LogP) is 1.55. The van der Waals surface area contributed by atoms with Crippen molar-refractivity contribution in [3.63, 3.8) is 0 Å². The van der Waals surface area contributed by atoms with Crippen LogP contribution in [0.25, 0.3) is 0 Å². The fourth-order valence-corrected chi connectivity index (χ4v) is 4.69. The summed E-state index contributed by atoms with van der Waals surface area (Å²) in [5, 5.41) is 15.7. The zero-order chi connectivity index (χ0) is 21.8. The Morgan fingerprint density at radius 3 is 2.60 bits per heavy atom. The number of anilines is 1. The van der Waals surface area contributed by atoms with Gasteiger partial charge in [0.25, 0.3) is 10.0 Å². The van der Waals surface area contributed by atoms with Crippen LogP contribution < -0.4 is 20.5 Å². The van der Waals surface area contributed by atoms with Gasteiger partial charge >= 0.3 is 0 Å². The van der Waals surface area contributed by atoms with Crippen LogP contribution in [0, 0.1) is 5.13 Å². The number of alkyl halides is 2. The van der Waals surface area contributed by atoms with Crippen molar-refractivity contribution in [2.75, 3.05) is 24.6 Å². The Kier molecular flexibility index (Phi) is 7.61. The van der Waals surface area contributed by atoms with Crippen LogP contribution in [-0.2, 0) is 10.0 Å². The number of halogens is 3. The number of benzene rings is 1. The van der Waals surface area contributed by atoms with E-state index in [-0.39, 0.29) is 29.4 Å². The Balaban J connectivity index is 1.64. The highest BCUT2D eigenvalue weighted by Crippen LogP contribution is 2.25. The molecule has 166 valence electrons. The van der Waals surface area contributed by atoms with Crippen LogP contribution in [0.4, 0.5) is 13.9 Å². The lowest BCUT2D eigenvalue weighted by Gasteiger charge is -2.38. The molecule has 1 aromatic carbocycles. The summed E-state index contributed by atoms with van der Waals surface area (Å²) >= 11 is 6.67. The Hall–Kier alpha value is -1.41. The first kappa shape index (κ1) is 23.3. The summed E-state index contributed by atoms with van der Waals surface area (Å²) in [7, 11) is -4.12. The molecule has 0 aliphatic carbocycles. The maximum absolute atomic E-state index is 15.0. The van der Waals surface area contributed by atoms with E-state index in [1.807, 2.05) is 0 Å². The summed E-state index contributed by atoms with van der Waals surface area (Å²) in [5.41, 5.74) is -1.52. The lowest BCUT2D eigenvalue weighted by atomic mass is 9.97. The lowest BCUT2D eigenvalue weighted by Crippen LogP contribution is -2.64. The first-order valence-corrected chi connectivity index (χ1v) is 11.8. The van der Waals surface area contributed by atoms with E-state index in [1.165, 1.54) is 24.3 Å². The second-order valence-corrected chi connectivity index (χ2v) is 10.1. The second-order valence-electron chi connectivity index (χ2n) is 6.91. The van der Waals surface area contributed by atoms with Crippen LogP contribution in [0.5, 0.6) is 0 Å². The Morgan fingerprint density at radius 2 is 2.03 bits per heavy atom. The molecule has 1 saturated heterocycles. The highest BCUT2D eigenvalue weighted by molar-refractivity contribution is 7.89. The molecule has 2 atom stereocenters. The molecule has 8 nitrogen and oxygen atoms in total. The summed E-state index contributed by atoms with van der Waals surface area (Å²) < 4.78 is 53.7. The zero-order valence-corrected chi connectivity index (χ0v) is 18.2. The number of aromatic nitrogens is 1. The van der Waals surface area contributed by atoms with Crippen LogP contribution in [0.1, 0.15) is 12.8 Å². The van der Waals surface area contributed by atoms with Gasteiger partial charge in [0.1, 0.15) is 5.60 Å².